The fourth-order valence-corrected chi connectivity index (χ4v) is 3.23. The standard InChI is InChI=1S/C16H17ClFNO2S/c1-16(2,3)11-4-6-12(7-5-11)19-22(20,21)13-8-9-15(18)14(17)10-13/h4-10,19H,1-3H3. The molecule has 0 unspecified atom stereocenters. The first-order valence-corrected chi connectivity index (χ1v) is 8.54. The Morgan fingerprint density at radius 1 is 1.05 bits per heavy atom. The molecule has 0 aliphatic heterocycles. The quantitative estimate of drug-likeness (QED) is 0.888. The summed E-state index contributed by atoms with van der Waals surface area (Å²) in [5.41, 5.74) is 1.52. The third-order valence-electron chi connectivity index (χ3n) is 3.20. The van der Waals surface area contributed by atoms with Crippen LogP contribution in [0, 0.1) is 5.82 Å². The molecular formula is C16H17ClFNO2S. The molecule has 1 N–H and O–H groups in total. The molecule has 2 aromatic rings. The molecule has 0 atom stereocenters. The topological polar surface area (TPSA) is 46.2 Å². The predicted octanol–water partition coefficient (Wildman–Crippen LogP) is 4.58. The average Bonchev–Trinajstić information content (AvgIpc) is 2.41. The Balaban J connectivity index is 2.27. The zero-order valence-corrected chi connectivity index (χ0v) is 14.1. The molecule has 0 spiro atoms. The molecule has 2 rings (SSSR count). The first kappa shape index (κ1) is 16.8. The van der Waals surface area contributed by atoms with Gasteiger partial charge in [0.1, 0.15) is 5.82 Å². The maximum absolute atomic E-state index is 13.1. The van der Waals surface area contributed by atoms with Gasteiger partial charge in [-0.3, -0.25) is 4.72 Å². The molecule has 118 valence electrons. The van der Waals surface area contributed by atoms with Crippen molar-refractivity contribution in [2.75, 3.05) is 4.72 Å². The smallest absolute Gasteiger partial charge is 0.261 e. The average molecular weight is 342 g/mol. The van der Waals surface area contributed by atoms with Gasteiger partial charge in [0.05, 0.1) is 9.92 Å². The number of rotatable bonds is 3. The van der Waals surface area contributed by atoms with Gasteiger partial charge in [-0.05, 0) is 41.3 Å². The van der Waals surface area contributed by atoms with Crippen LogP contribution >= 0.6 is 11.6 Å². The monoisotopic (exact) mass is 341 g/mol. The highest BCUT2D eigenvalue weighted by molar-refractivity contribution is 7.92. The fourth-order valence-electron chi connectivity index (χ4n) is 1.90. The van der Waals surface area contributed by atoms with E-state index in [0.29, 0.717) is 5.69 Å². The molecule has 0 aliphatic rings. The first-order chi connectivity index (χ1) is 10.1. The van der Waals surface area contributed by atoms with E-state index in [9.17, 15) is 12.8 Å². The molecule has 0 heterocycles. The summed E-state index contributed by atoms with van der Waals surface area (Å²) in [6.07, 6.45) is 0. The summed E-state index contributed by atoms with van der Waals surface area (Å²) in [7, 11) is -3.80. The van der Waals surface area contributed by atoms with Gasteiger partial charge < -0.3 is 0 Å². The lowest BCUT2D eigenvalue weighted by atomic mass is 9.87. The zero-order valence-electron chi connectivity index (χ0n) is 12.5. The number of benzene rings is 2. The van der Waals surface area contributed by atoms with Gasteiger partial charge in [0.2, 0.25) is 0 Å². The van der Waals surface area contributed by atoms with Crippen LogP contribution in [0.1, 0.15) is 26.3 Å². The van der Waals surface area contributed by atoms with Crippen molar-refractivity contribution in [1.82, 2.24) is 0 Å². The minimum atomic E-state index is -3.80. The molecule has 22 heavy (non-hydrogen) atoms. The molecule has 6 heteroatoms. The molecule has 0 amide bonds. The van der Waals surface area contributed by atoms with Crippen molar-refractivity contribution in [2.45, 2.75) is 31.1 Å². The minimum Gasteiger partial charge on any atom is -0.280 e. The summed E-state index contributed by atoms with van der Waals surface area (Å²) in [6, 6.07) is 10.4. The van der Waals surface area contributed by atoms with Gasteiger partial charge in [-0.15, -0.1) is 0 Å². The predicted molar refractivity (Wildman–Crippen MR) is 87.4 cm³/mol. The molecule has 0 bridgehead atoms. The van der Waals surface area contributed by atoms with Crippen LogP contribution in [0.25, 0.3) is 0 Å². The van der Waals surface area contributed by atoms with Crippen molar-refractivity contribution in [2.24, 2.45) is 0 Å². The second-order valence-corrected chi connectivity index (χ2v) is 8.10. The van der Waals surface area contributed by atoms with Gasteiger partial charge in [-0.25, -0.2) is 12.8 Å². The van der Waals surface area contributed by atoms with Crippen molar-refractivity contribution in [1.29, 1.82) is 0 Å². The lowest BCUT2D eigenvalue weighted by molar-refractivity contribution is 0.590. The van der Waals surface area contributed by atoms with Gasteiger partial charge in [-0.2, -0.15) is 0 Å². The molecule has 2 aromatic carbocycles. The fraction of sp³-hybridized carbons (Fsp3) is 0.250. The molecule has 0 fully saturated rings. The van der Waals surface area contributed by atoms with E-state index in [0.717, 1.165) is 17.7 Å². The molecular weight excluding hydrogens is 325 g/mol. The highest BCUT2D eigenvalue weighted by Gasteiger charge is 2.17. The van der Waals surface area contributed by atoms with Crippen LogP contribution in [-0.4, -0.2) is 8.42 Å². The number of sulfonamides is 1. The van der Waals surface area contributed by atoms with Crippen LogP contribution in [-0.2, 0) is 15.4 Å². The Labute approximate surface area is 135 Å². The molecule has 0 aromatic heterocycles. The number of hydrogen-bond acceptors (Lipinski definition) is 2. The number of nitrogens with one attached hydrogen (secondary N) is 1. The van der Waals surface area contributed by atoms with Gasteiger partial charge in [0.15, 0.2) is 0 Å². The van der Waals surface area contributed by atoms with E-state index >= 15 is 0 Å². The summed E-state index contributed by atoms with van der Waals surface area (Å²) in [5.74, 6) is -0.657. The van der Waals surface area contributed by atoms with E-state index < -0.39 is 15.8 Å². The number of hydrogen-bond donors (Lipinski definition) is 1. The molecule has 0 aliphatic carbocycles. The van der Waals surface area contributed by atoms with Crippen LogP contribution in [0.15, 0.2) is 47.4 Å². The summed E-state index contributed by atoms with van der Waals surface area (Å²) in [5, 5.41) is -0.231. The largest absolute Gasteiger partial charge is 0.280 e. The second kappa shape index (κ2) is 5.89. The van der Waals surface area contributed by atoms with Crippen molar-refractivity contribution in [3.8, 4) is 0 Å². The Morgan fingerprint density at radius 3 is 2.14 bits per heavy atom. The summed E-state index contributed by atoms with van der Waals surface area (Å²) >= 11 is 5.63. The van der Waals surface area contributed by atoms with Crippen LogP contribution in [0.2, 0.25) is 5.02 Å². The second-order valence-electron chi connectivity index (χ2n) is 6.01. The summed E-state index contributed by atoms with van der Waals surface area (Å²) < 4.78 is 40.1. The Hall–Kier alpha value is -1.59. The third-order valence-corrected chi connectivity index (χ3v) is 4.87. The lowest BCUT2D eigenvalue weighted by Gasteiger charge is -2.19. The SMILES string of the molecule is CC(C)(C)c1ccc(NS(=O)(=O)c2ccc(F)c(Cl)c2)cc1. The van der Waals surface area contributed by atoms with Crippen LogP contribution in [0.5, 0.6) is 0 Å². The number of anilines is 1. The van der Waals surface area contributed by atoms with Gasteiger partial charge in [0, 0.05) is 5.69 Å². The van der Waals surface area contributed by atoms with E-state index in [1.54, 1.807) is 12.1 Å². The Kier molecular flexibility index (Phi) is 4.49. The summed E-state index contributed by atoms with van der Waals surface area (Å²) in [4.78, 5) is -0.0844. The van der Waals surface area contributed by atoms with Crippen LogP contribution < -0.4 is 4.72 Å². The highest BCUT2D eigenvalue weighted by atomic mass is 35.5. The highest BCUT2D eigenvalue weighted by Crippen LogP contribution is 2.25. The lowest BCUT2D eigenvalue weighted by Crippen LogP contribution is -2.14. The maximum atomic E-state index is 13.1. The normalized spacial score (nSPS) is 12.2. The van der Waals surface area contributed by atoms with Crippen molar-refractivity contribution >= 4 is 27.3 Å². The molecule has 3 nitrogen and oxygen atoms in total. The zero-order chi connectivity index (χ0) is 16.5. The van der Waals surface area contributed by atoms with E-state index in [1.165, 1.54) is 6.07 Å². The Bertz CT molecular complexity index is 781. The van der Waals surface area contributed by atoms with Crippen LogP contribution in [0.4, 0.5) is 10.1 Å². The maximum Gasteiger partial charge on any atom is 0.261 e. The van der Waals surface area contributed by atoms with E-state index in [4.69, 9.17) is 11.6 Å². The van der Waals surface area contributed by atoms with Gasteiger partial charge in [-0.1, -0.05) is 44.5 Å². The third kappa shape index (κ3) is 3.78. The Morgan fingerprint density at radius 2 is 1.64 bits per heavy atom. The van der Waals surface area contributed by atoms with Crippen molar-refractivity contribution in [3.05, 3.63) is 58.9 Å². The number of halogens is 2. The van der Waals surface area contributed by atoms with E-state index in [2.05, 4.69) is 25.5 Å². The minimum absolute atomic E-state index is 0.0120. The molecule has 0 saturated heterocycles. The van der Waals surface area contributed by atoms with Gasteiger partial charge in [0.25, 0.3) is 10.0 Å². The van der Waals surface area contributed by atoms with Gasteiger partial charge >= 0.3 is 0 Å². The first-order valence-electron chi connectivity index (χ1n) is 6.68. The molecule has 0 radical (unpaired) electrons. The van der Waals surface area contributed by atoms with E-state index in [1.807, 2.05) is 12.1 Å². The van der Waals surface area contributed by atoms with Crippen LogP contribution in [0.3, 0.4) is 0 Å². The summed E-state index contributed by atoms with van der Waals surface area (Å²) in [6.45, 7) is 6.23. The molecule has 0 saturated carbocycles. The van der Waals surface area contributed by atoms with Crippen molar-refractivity contribution in [3.63, 3.8) is 0 Å². The van der Waals surface area contributed by atoms with E-state index in [-0.39, 0.29) is 15.3 Å². The van der Waals surface area contributed by atoms with Crippen molar-refractivity contribution < 1.29 is 12.8 Å².